The maximum atomic E-state index is 11.8. The molecule has 1 aromatic carbocycles. The number of benzene rings is 1. The molecular formula is C15H15NO5. The van der Waals surface area contributed by atoms with Gasteiger partial charge in [-0.1, -0.05) is 6.07 Å². The monoisotopic (exact) mass is 289 g/mol. The van der Waals surface area contributed by atoms with Gasteiger partial charge in [0.15, 0.2) is 0 Å². The summed E-state index contributed by atoms with van der Waals surface area (Å²) in [5, 5.41) is 21.7. The van der Waals surface area contributed by atoms with Crippen molar-refractivity contribution in [2.75, 3.05) is 6.61 Å². The lowest BCUT2D eigenvalue weighted by Gasteiger charge is -2.07. The van der Waals surface area contributed by atoms with Crippen molar-refractivity contribution in [1.82, 2.24) is 0 Å². The lowest BCUT2D eigenvalue weighted by atomic mass is 9.98. The summed E-state index contributed by atoms with van der Waals surface area (Å²) in [5.74, 6) is -0.912. The van der Waals surface area contributed by atoms with Gasteiger partial charge >= 0.3 is 5.97 Å². The number of rotatable bonds is 3. The number of nitrogens with zero attached hydrogens (tertiary/aromatic N) is 1. The van der Waals surface area contributed by atoms with Gasteiger partial charge in [-0.2, -0.15) is 0 Å². The summed E-state index contributed by atoms with van der Waals surface area (Å²) >= 11 is 0. The third-order valence-corrected chi connectivity index (χ3v) is 4.05. The average molecular weight is 289 g/mol. The second-order valence-corrected chi connectivity index (χ2v) is 5.23. The molecule has 1 aromatic rings. The summed E-state index contributed by atoms with van der Waals surface area (Å²) in [4.78, 5) is 22.8. The first kappa shape index (κ1) is 13.6. The average Bonchev–Trinajstić information content (AvgIpc) is 3.01. The van der Waals surface area contributed by atoms with Gasteiger partial charge in [-0.15, -0.1) is 0 Å². The molecule has 1 N–H and O–H groups in total. The molecule has 21 heavy (non-hydrogen) atoms. The molecule has 0 atom stereocenters. The summed E-state index contributed by atoms with van der Waals surface area (Å²) in [5.41, 5.74) is 2.55. The molecule has 2 aliphatic carbocycles. The van der Waals surface area contributed by atoms with Crippen LogP contribution in [0.25, 0.3) is 5.76 Å². The number of hydrogen-bond acceptors (Lipinski definition) is 5. The summed E-state index contributed by atoms with van der Waals surface area (Å²) in [6, 6.07) is 1.88. The van der Waals surface area contributed by atoms with Gasteiger partial charge in [-0.25, -0.2) is 4.79 Å². The molecule has 0 unspecified atom stereocenters. The van der Waals surface area contributed by atoms with E-state index in [1.54, 1.807) is 6.92 Å². The predicted octanol–water partition coefficient (Wildman–Crippen LogP) is 2.47. The van der Waals surface area contributed by atoms with Crippen molar-refractivity contribution in [3.63, 3.8) is 0 Å². The lowest BCUT2D eigenvalue weighted by Crippen LogP contribution is -2.08. The maximum absolute atomic E-state index is 11.8. The van der Waals surface area contributed by atoms with Gasteiger partial charge in [0.25, 0.3) is 5.69 Å². The molecule has 2 aliphatic rings. The van der Waals surface area contributed by atoms with Crippen LogP contribution in [0.15, 0.2) is 11.6 Å². The van der Waals surface area contributed by atoms with E-state index in [1.165, 1.54) is 0 Å². The highest BCUT2D eigenvalue weighted by Crippen LogP contribution is 2.43. The van der Waals surface area contributed by atoms with E-state index in [9.17, 15) is 20.0 Å². The topological polar surface area (TPSA) is 89.7 Å². The molecule has 0 heterocycles. The van der Waals surface area contributed by atoms with Gasteiger partial charge < -0.3 is 9.84 Å². The van der Waals surface area contributed by atoms with Crippen LogP contribution in [-0.2, 0) is 28.8 Å². The minimum atomic E-state index is -0.611. The molecule has 0 radical (unpaired) electrons. The highest BCUT2D eigenvalue weighted by atomic mass is 16.6. The Balaban J connectivity index is 2.17. The van der Waals surface area contributed by atoms with Gasteiger partial charge in [0, 0.05) is 12.0 Å². The van der Waals surface area contributed by atoms with E-state index < -0.39 is 10.9 Å². The van der Waals surface area contributed by atoms with Gasteiger partial charge in [0.1, 0.15) is 5.76 Å². The molecule has 6 heteroatoms. The standard InChI is InChI=1S/C15H15NO5/c1-2-21-15(18)11-7-9-6-8-4-3-5-10(8)13(16(19)20)12(9)14(11)17/h6,17H,2-5,7H2,1H3. The number of carbonyl (C=O) groups excluding carboxylic acids is 1. The molecule has 0 bridgehead atoms. The molecule has 0 amide bonds. The molecular weight excluding hydrogens is 274 g/mol. The Morgan fingerprint density at radius 2 is 2.19 bits per heavy atom. The highest BCUT2D eigenvalue weighted by molar-refractivity contribution is 6.00. The number of aryl methyl sites for hydroxylation is 1. The van der Waals surface area contributed by atoms with E-state index in [2.05, 4.69) is 0 Å². The van der Waals surface area contributed by atoms with Crippen molar-refractivity contribution in [3.05, 3.63) is 44.0 Å². The number of ether oxygens (including phenoxy) is 1. The van der Waals surface area contributed by atoms with Crippen molar-refractivity contribution in [2.45, 2.75) is 32.6 Å². The third kappa shape index (κ3) is 1.98. The second-order valence-electron chi connectivity index (χ2n) is 5.23. The van der Waals surface area contributed by atoms with Gasteiger partial charge in [0.05, 0.1) is 22.7 Å². The largest absolute Gasteiger partial charge is 0.506 e. The van der Waals surface area contributed by atoms with E-state index in [0.29, 0.717) is 17.5 Å². The number of fused-ring (bicyclic) bond motifs is 2. The number of aliphatic hydroxyl groups is 1. The zero-order valence-electron chi connectivity index (χ0n) is 11.6. The maximum Gasteiger partial charge on any atom is 0.338 e. The quantitative estimate of drug-likeness (QED) is 0.524. The van der Waals surface area contributed by atoms with Crippen LogP contribution in [0.4, 0.5) is 5.69 Å². The van der Waals surface area contributed by atoms with E-state index in [1.807, 2.05) is 6.07 Å². The van der Waals surface area contributed by atoms with Crippen LogP contribution in [0, 0.1) is 10.1 Å². The van der Waals surface area contributed by atoms with Crippen LogP contribution < -0.4 is 0 Å². The van der Waals surface area contributed by atoms with Crippen LogP contribution in [0.2, 0.25) is 0 Å². The first-order chi connectivity index (χ1) is 10.0. The lowest BCUT2D eigenvalue weighted by molar-refractivity contribution is -0.385. The smallest absolute Gasteiger partial charge is 0.338 e. The Morgan fingerprint density at radius 3 is 2.86 bits per heavy atom. The summed E-state index contributed by atoms with van der Waals surface area (Å²) in [6.07, 6.45) is 2.52. The first-order valence-corrected chi connectivity index (χ1v) is 6.96. The number of nitro groups is 1. The van der Waals surface area contributed by atoms with Crippen molar-refractivity contribution in [1.29, 1.82) is 0 Å². The van der Waals surface area contributed by atoms with Crippen molar-refractivity contribution in [2.24, 2.45) is 0 Å². The van der Waals surface area contributed by atoms with E-state index >= 15 is 0 Å². The van der Waals surface area contributed by atoms with Crippen molar-refractivity contribution < 1.29 is 19.6 Å². The fraction of sp³-hybridized carbons (Fsp3) is 0.400. The van der Waals surface area contributed by atoms with Crippen LogP contribution in [0.3, 0.4) is 0 Å². The van der Waals surface area contributed by atoms with E-state index in [4.69, 9.17) is 4.74 Å². The predicted molar refractivity (Wildman–Crippen MR) is 75.0 cm³/mol. The van der Waals surface area contributed by atoms with Crippen molar-refractivity contribution >= 4 is 17.4 Å². The summed E-state index contributed by atoms with van der Waals surface area (Å²) < 4.78 is 4.90. The number of aliphatic hydroxyl groups excluding tert-OH is 1. The molecule has 0 saturated heterocycles. The molecule has 0 aromatic heterocycles. The molecule has 6 nitrogen and oxygen atoms in total. The van der Waals surface area contributed by atoms with Gasteiger partial charge in [-0.3, -0.25) is 10.1 Å². The molecule has 0 fully saturated rings. The first-order valence-electron chi connectivity index (χ1n) is 6.96. The third-order valence-electron chi connectivity index (χ3n) is 4.05. The second kappa shape index (κ2) is 4.87. The minimum Gasteiger partial charge on any atom is -0.506 e. The SMILES string of the molecule is CCOC(=O)C1=C(O)c2c(cc3c(c2[N+](=O)[O-])CCC3)C1. The molecule has 0 aliphatic heterocycles. The Bertz CT molecular complexity index is 690. The zero-order chi connectivity index (χ0) is 15.1. The summed E-state index contributed by atoms with van der Waals surface area (Å²) in [7, 11) is 0. The van der Waals surface area contributed by atoms with Crippen LogP contribution >= 0.6 is 0 Å². The molecule has 3 rings (SSSR count). The number of nitro benzene ring substituents is 1. The van der Waals surface area contributed by atoms with Crippen LogP contribution in [-0.4, -0.2) is 22.6 Å². The normalized spacial score (nSPS) is 15.9. The molecule has 0 spiro atoms. The van der Waals surface area contributed by atoms with Gasteiger partial charge in [0.2, 0.25) is 0 Å². The molecule has 0 saturated carbocycles. The van der Waals surface area contributed by atoms with Crippen LogP contribution in [0.1, 0.15) is 35.6 Å². The Hall–Kier alpha value is -2.37. The van der Waals surface area contributed by atoms with Crippen molar-refractivity contribution in [3.8, 4) is 0 Å². The number of esters is 1. The molecule has 110 valence electrons. The van der Waals surface area contributed by atoms with E-state index in [-0.39, 0.29) is 35.6 Å². The number of carbonyl (C=O) groups is 1. The Kier molecular flexibility index (Phi) is 3.16. The fourth-order valence-corrected chi connectivity index (χ4v) is 3.20. The zero-order valence-corrected chi connectivity index (χ0v) is 11.6. The Labute approximate surface area is 121 Å². The van der Waals surface area contributed by atoms with E-state index in [0.717, 1.165) is 18.4 Å². The minimum absolute atomic E-state index is 0.0446. The van der Waals surface area contributed by atoms with Gasteiger partial charge in [-0.05, 0) is 37.3 Å². The summed E-state index contributed by atoms with van der Waals surface area (Å²) in [6.45, 7) is 1.87. The van der Waals surface area contributed by atoms with Crippen LogP contribution in [0.5, 0.6) is 0 Å². The fourth-order valence-electron chi connectivity index (χ4n) is 3.20. The Morgan fingerprint density at radius 1 is 1.43 bits per heavy atom. The number of hydrogen-bond donors (Lipinski definition) is 1. The highest BCUT2D eigenvalue weighted by Gasteiger charge is 2.37.